The van der Waals surface area contributed by atoms with Crippen LogP contribution in [-0.2, 0) is 4.79 Å². The SMILES string of the molecule is CCC(CC)C(=O)NC[C@@H](c1ccsc1)N1CCCCCC1. The molecule has 1 aliphatic rings. The first kappa shape index (κ1) is 17.5. The Kier molecular flexibility index (Phi) is 7.40. The Morgan fingerprint density at radius 3 is 2.45 bits per heavy atom. The molecular weight excluding hydrogens is 292 g/mol. The van der Waals surface area contributed by atoms with Gasteiger partial charge in [0.15, 0.2) is 0 Å². The Morgan fingerprint density at radius 1 is 1.23 bits per heavy atom. The number of rotatable bonds is 7. The van der Waals surface area contributed by atoms with E-state index in [2.05, 4.69) is 40.9 Å². The molecule has 124 valence electrons. The molecule has 1 atom stereocenters. The number of nitrogens with zero attached hydrogens (tertiary/aromatic N) is 1. The molecule has 2 heterocycles. The van der Waals surface area contributed by atoms with Gasteiger partial charge in [-0.3, -0.25) is 9.69 Å². The molecule has 1 fully saturated rings. The molecule has 22 heavy (non-hydrogen) atoms. The molecule has 1 amide bonds. The standard InChI is InChI=1S/C18H30N2OS/c1-3-15(4-2)18(21)19-13-17(16-9-12-22-14-16)20-10-7-5-6-8-11-20/h9,12,14-15,17H,3-8,10-11,13H2,1-2H3,(H,19,21)/t17-/m0/s1. The van der Waals surface area contributed by atoms with Crippen LogP contribution in [0.3, 0.4) is 0 Å². The van der Waals surface area contributed by atoms with Gasteiger partial charge in [0, 0.05) is 12.5 Å². The van der Waals surface area contributed by atoms with Crippen LogP contribution in [0.15, 0.2) is 16.8 Å². The molecule has 0 bridgehead atoms. The highest BCUT2D eigenvalue weighted by atomic mass is 32.1. The molecule has 0 unspecified atom stereocenters. The summed E-state index contributed by atoms with van der Waals surface area (Å²) >= 11 is 1.75. The summed E-state index contributed by atoms with van der Waals surface area (Å²) in [7, 11) is 0. The first-order valence-electron chi connectivity index (χ1n) is 8.80. The van der Waals surface area contributed by atoms with Gasteiger partial charge in [0.2, 0.25) is 5.91 Å². The first-order chi connectivity index (χ1) is 10.8. The maximum atomic E-state index is 12.3. The lowest BCUT2D eigenvalue weighted by Crippen LogP contribution is -2.40. The molecular formula is C18H30N2OS. The second-order valence-corrected chi connectivity index (χ2v) is 7.06. The topological polar surface area (TPSA) is 32.3 Å². The summed E-state index contributed by atoms with van der Waals surface area (Å²) < 4.78 is 0. The second kappa shape index (κ2) is 9.31. The molecule has 2 rings (SSSR count). The number of carbonyl (C=O) groups is 1. The minimum Gasteiger partial charge on any atom is -0.354 e. The van der Waals surface area contributed by atoms with E-state index < -0.39 is 0 Å². The fraction of sp³-hybridized carbons (Fsp3) is 0.722. The number of nitrogens with one attached hydrogen (secondary N) is 1. The normalized spacial score (nSPS) is 18.1. The Labute approximate surface area is 139 Å². The molecule has 0 aliphatic carbocycles. The average Bonchev–Trinajstić information content (AvgIpc) is 2.92. The van der Waals surface area contributed by atoms with Gasteiger partial charge >= 0.3 is 0 Å². The molecule has 0 radical (unpaired) electrons. The second-order valence-electron chi connectivity index (χ2n) is 6.28. The van der Waals surface area contributed by atoms with Crippen LogP contribution in [0.1, 0.15) is 64.0 Å². The van der Waals surface area contributed by atoms with Gasteiger partial charge in [-0.1, -0.05) is 26.7 Å². The van der Waals surface area contributed by atoms with Crippen LogP contribution in [-0.4, -0.2) is 30.4 Å². The van der Waals surface area contributed by atoms with Gasteiger partial charge < -0.3 is 5.32 Å². The van der Waals surface area contributed by atoms with Crippen molar-refractivity contribution in [2.24, 2.45) is 5.92 Å². The average molecular weight is 323 g/mol. The lowest BCUT2D eigenvalue weighted by atomic mass is 10.0. The summed E-state index contributed by atoms with van der Waals surface area (Å²) in [6.07, 6.45) is 7.09. The third-order valence-corrected chi connectivity index (χ3v) is 5.54. The zero-order chi connectivity index (χ0) is 15.8. The zero-order valence-electron chi connectivity index (χ0n) is 14.0. The van der Waals surface area contributed by atoms with Gasteiger partial charge in [0.25, 0.3) is 0 Å². The van der Waals surface area contributed by atoms with Crippen molar-refractivity contribution in [2.75, 3.05) is 19.6 Å². The Hall–Kier alpha value is -0.870. The molecule has 1 aromatic heterocycles. The first-order valence-corrected chi connectivity index (χ1v) is 9.74. The molecule has 1 saturated heterocycles. The van der Waals surface area contributed by atoms with E-state index in [0.29, 0.717) is 6.04 Å². The van der Waals surface area contributed by atoms with Gasteiger partial charge in [-0.25, -0.2) is 0 Å². The molecule has 1 aliphatic heterocycles. The summed E-state index contributed by atoms with van der Waals surface area (Å²) in [4.78, 5) is 14.9. The summed E-state index contributed by atoms with van der Waals surface area (Å²) in [6.45, 7) is 7.24. The molecule has 0 spiro atoms. The van der Waals surface area contributed by atoms with Crippen LogP contribution >= 0.6 is 11.3 Å². The number of carbonyl (C=O) groups excluding carboxylic acids is 1. The smallest absolute Gasteiger partial charge is 0.223 e. The Morgan fingerprint density at radius 2 is 1.91 bits per heavy atom. The quantitative estimate of drug-likeness (QED) is 0.815. The lowest BCUT2D eigenvalue weighted by molar-refractivity contribution is -0.125. The number of thiophene rings is 1. The van der Waals surface area contributed by atoms with E-state index >= 15 is 0 Å². The molecule has 4 heteroatoms. The molecule has 1 N–H and O–H groups in total. The highest BCUT2D eigenvalue weighted by molar-refractivity contribution is 7.07. The highest BCUT2D eigenvalue weighted by Crippen LogP contribution is 2.25. The van der Waals surface area contributed by atoms with Crippen LogP contribution < -0.4 is 5.32 Å². The van der Waals surface area contributed by atoms with Crippen molar-refractivity contribution in [2.45, 2.75) is 58.4 Å². The summed E-state index contributed by atoms with van der Waals surface area (Å²) in [5.41, 5.74) is 1.36. The van der Waals surface area contributed by atoms with Crippen LogP contribution in [0.5, 0.6) is 0 Å². The third-order valence-electron chi connectivity index (χ3n) is 4.84. The van der Waals surface area contributed by atoms with E-state index in [1.807, 2.05) is 0 Å². The van der Waals surface area contributed by atoms with E-state index in [-0.39, 0.29) is 11.8 Å². The summed E-state index contributed by atoms with van der Waals surface area (Å²) in [5.74, 6) is 0.382. The summed E-state index contributed by atoms with van der Waals surface area (Å²) in [5, 5.41) is 7.59. The van der Waals surface area contributed by atoms with Crippen molar-refractivity contribution < 1.29 is 4.79 Å². The van der Waals surface area contributed by atoms with E-state index in [9.17, 15) is 4.79 Å². The van der Waals surface area contributed by atoms with E-state index in [0.717, 1.165) is 32.5 Å². The van der Waals surface area contributed by atoms with Crippen molar-refractivity contribution in [1.82, 2.24) is 10.2 Å². The van der Waals surface area contributed by atoms with Crippen LogP contribution in [0.2, 0.25) is 0 Å². The van der Waals surface area contributed by atoms with E-state index in [4.69, 9.17) is 0 Å². The molecule has 0 saturated carbocycles. The van der Waals surface area contributed by atoms with Crippen LogP contribution in [0, 0.1) is 5.92 Å². The molecule has 3 nitrogen and oxygen atoms in total. The predicted molar refractivity (Wildman–Crippen MR) is 94.2 cm³/mol. The van der Waals surface area contributed by atoms with E-state index in [1.165, 1.54) is 31.2 Å². The minimum atomic E-state index is 0.159. The summed E-state index contributed by atoms with van der Waals surface area (Å²) in [6, 6.07) is 2.55. The number of hydrogen-bond donors (Lipinski definition) is 1. The van der Waals surface area contributed by atoms with Crippen molar-refractivity contribution in [3.63, 3.8) is 0 Å². The lowest BCUT2D eigenvalue weighted by Gasteiger charge is -2.31. The number of likely N-dealkylation sites (tertiary alicyclic amines) is 1. The Balaban J connectivity index is 2.00. The van der Waals surface area contributed by atoms with Crippen molar-refractivity contribution in [1.29, 1.82) is 0 Å². The van der Waals surface area contributed by atoms with Gasteiger partial charge in [-0.05, 0) is 61.2 Å². The fourth-order valence-corrected chi connectivity index (χ4v) is 4.04. The molecule has 1 aromatic rings. The maximum Gasteiger partial charge on any atom is 0.223 e. The Bertz CT molecular complexity index is 420. The zero-order valence-corrected chi connectivity index (χ0v) is 14.8. The molecule has 0 aromatic carbocycles. The minimum absolute atomic E-state index is 0.159. The van der Waals surface area contributed by atoms with Crippen molar-refractivity contribution in [3.05, 3.63) is 22.4 Å². The number of hydrogen-bond acceptors (Lipinski definition) is 3. The van der Waals surface area contributed by atoms with Crippen LogP contribution in [0.4, 0.5) is 0 Å². The van der Waals surface area contributed by atoms with Gasteiger partial charge in [0.05, 0.1) is 6.04 Å². The predicted octanol–water partition coefficient (Wildman–Crippen LogP) is 4.22. The maximum absolute atomic E-state index is 12.3. The number of amides is 1. The van der Waals surface area contributed by atoms with Gasteiger partial charge in [-0.2, -0.15) is 11.3 Å². The van der Waals surface area contributed by atoms with Crippen molar-refractivity contribution in [3.8, 4) is 0 Å². The third kappa shape index (κ3) is 4.82. The fourth-order valence-electron chi connectivity index (χ4n) is 3.33. The van der Waals surface area contributed by atoms with Gasteiger partial charge in [0.1, 0.15) is 0 Å². The van der Waals surface area contributed by atoms with Crippen molar-refractivity contribution >= 4 is 17.2 Å². The monoisotopic (exact) mass is 322 g/mol. The highest BCUT2D eigenvalue weighted by Gasteiger charge is 2.23. The van der Waals surface area contributed by atoms with Crippen LogP contribution in [0.25, 0.3) is 0 Å². The largest absolute Gasteiger partial charge is 0.354 e. The van der Waals surface area contributed by atoms with Gasteiger partial charge in [-0.15, -0.1) is 0 Å². The van der Waals surface area contributed by atoms with E-state index in [1.54, 1.807) is 11.3 Å².